The Morgan fingerprint density at radius 3 is 2.72 bits per heavy atom. The van der Waals surface area contributed by atoms with E-state index in [0.717, 1.165) is 24.2 Å². The molecule has 4 heteroatoms. The quantitative estimate of drug-likeness (QED) is 0.713. The summed E-state index contributed by atoms with van der Waals surface area (Å²) in [5, 5.41) is 0. The molecule has 0 aliphatic carbocycles. The van der Waals surface area contributed by atoms with Gasteiger partial charge in [0.2, 0.25) is 5.91 Å². The number of rotatable bonds is 1. The summed E-state index contributed by atoms with van der Waals surface area (Å²) in [6.07, 6.45) is 0.879. The number of hydrogen-bond acceptors (Lipinski definition) is 3. The molecule has 0 aromatic heterocycles. The van der Waals surface area contributed by atoms with Crippen LogP contribution in [0.1, 0.15) is 29.8 Å². The molecule has 1 heterocycles. The molecular formula is C14H17NO3. The summed E-state index contributed by atoms with van der Waals surface area (Å²) in [4.78, 5) is 24.9. The number of fused-ring (bicyclic) bond motifs is 1. The molecule has 1 aliphatic rings. The molecule has 0 bridgehead atoms. The smallest absolute Gasteiger partial charge is 0.337 e. The lowest BCUT2D eigenvalue weighted by Crippen LogP contribution is -2.37. The largest absolute Gasteiger partial charge is 0.465 e. The van der Waals surface area contributed by atoms with Gasteiger partial charge >= 0.3 is 5.97 Å². The second-order valence-corrected chi connectivity index (χ2v) is 4.77. The van der Waals surface area contributed by atoms with Crippen LogP contribution in [-0.4, -0.2) is 25.5 Å². The van der Waals surface area contributed by atoms with Crippen molar-refractivity contribution in [3.05, 3.63) is 29.3 Å². The van der Waals surface area contributed by atoms with Gasteiger partial charge in [-0.2, -0.15) is 0 Å². The lowest BCUT2D eigenvalue weighted by atomic mass is 9.92. The monoisotopic (exact) mass is 247 g/mol. The summed E-state index contributed by atoms with van der Waals surface area (Å²) in [5.74, 6) is 0.0910. The van der Waals surface area contributed by atoms with Gasteiger partial charge in [0.15, 0.2) is 0 Å². The molecule has 0 N–H and O–H groups in total. The first kappa shape index (κ1) is 12.6. The second-order valence-electron chi connectivity index (χ2n) is 4.77. The third kappa shape index (κ3) is 2.23. The van der Waals surface area contributed by atoms with E-state index in [2.05, 4.69) is 6.92 Å². The summed E-state index contributed by atoms with van der Waals surface area (Å²) in [7, 11) is 1.37. The van der Waals surface area contributed by atoms with Gasteiger partial charge in [-0.15, -0.1) is 0 Å². The van der Waals surface area contributed by atoms with Crippen LogP contribution in [-0.2, 0) is 16.0 Å². The minimum Gasteiger partial charge on any atom is -0.465 e. The van der Waals surface area contributed by atoms with Gasteiger partial charge in [0.1, 0.15) is 0 Å². The lowest BCUT2D eigenvalue weighted by Gasteiger charge is -2.32. The average molecular weight is 247 g/mol. The SMILES string of the molecule is COC(=O)c1ccc2c(c1)C[C@@H](C)CN2C(C)=O. The fraction of sp³-hybridized carbons (Fsp3) is 0.429. The van der Waals surface area contributed by atoms with Crippen LogP contribution in [0.2, 0.25) is 0 Å². The maximum Gasteiger partial charge on any atom is 0.337 e. The van der Waals surface area contributed by atoms with Crippen molar-refractivity contribution < 1.29 is 14.3 Å². The normalized spacial score (nSPS) is 18.2. The summed E-state index contributed by atoms with van der Waals surface area (Å²) in [6, 6.07) is 5.36. The van der Waals surface area contributed by atoms with Crippen molar-refractivity contribution in [3.8, 4) is 0 Å². The highest BCUT2D eigenvalue weighted by Gasteiger charge is 2.25. The number of benzene rings is 1. The van der Waals surface area contributed by atoms with E-state index in [4.69, 9.17) is 4.74 Å². The van der Waals surface area contributed by atoms with Crippen molar-refractivity contribution in [2.45, 2.75) is 20.3 Å². The minimum absolute atomic E-state index is 0.0358. The van der Waals surface area contributed by atoms with Gasteiger partial charge in [0.05, 0.1) is 12.7 Å². The zero-order valence-electron chi connectivity index (χ0n) is 10.9. The Balaban J connectivity index is 2.43. The molecule has 4 nitrogen and oxygen atoms in total. The van der Waals surface area contributed by atoms with Crippen LogP contribution < -0.4 is 4.90 Å². The first-order chi connectivity index (χ1) is 8.52. The van der Waals surface area contributed by atoms with Gasteiger partial charge < -0.3 is 9.64 Å². The van der Waals surface area contributed by atoms with Crippen molar-refractivity contribution >= 4 is 17.6 Å². The number of nitrogens with zero attached hydrogens (tertiary/aromatic N) is 1. The molecule has 0 fully saturated rings. The minimum atomic E-state index is -0.342. The highest BCUT2D eigenvalue weighted by Crippen LogP contribution is 2.30. The van der Waals surface area contributed by atoms with E-state index in [1.165, 1.54) is 7.11 Å². The van der Waals surface area contributed by atoms with Crippen LogP contribution >= 0.6 is 0 Å². The van der Waals surface area contributed by atoms with E-state index < -0.39 is 0 Å². The Morgan fingerprint density at radius 1 is 1.39 bits per heavy atom. The highest BCUT2D eigenvalue weighted by atomic mass is 16.5. The molecular weight excluding hydrogens is 230 g/mol. The molecule has 2 rings (SSSR count). The van der Waals surface area contributed by atoms with Crippen molar-refractivity contribution in [3.63, 3.8) is 0 Å². The molecule has 1 atom stereocenters. The number of methoxy groups -OCH3 is 1. The maximum atomic E-state index is 11.6. The first-order valence-corrected chi connectivity index (χ1v) is 6.02. The molecule has 96 valence electrons. The van der Waals surface area contributed by atoms with Gasteiger partial charge in [-0.25, -0.2) is 4.79 Å². The number of esters is 1. The summed E-state index contributed by atoms with van der Waals surface area (Å²) in [5.41, 5.74) is 2.48. The van der Waals surface area contributed by atoms with Crippen LogP contribution in [0, 0.1) is 5.92 Å². The molecule has 0 radical (unpaired) electrons. The van der Waals surface area contributed by atoms with Crippen LogP contribution in [0.4, 0.5) is 5.69 Å². The third-order valence-corrected chi connectivity index (χ3v) is 3.23. The zero-order chi connectivity index (χ0) is 13.3. The number of hydrogen-bond donors (Lipinski definition) is 0. The molecule has 18 heavy (non-hydrogen) atoms. The van der Waals surface area contributed by atoms with Gasteiger partial charge in [-0.3, -0.25) is 4.79 Å². The van der Waals surface area contributed by atoms with Gasteiger partial charge in [-0.05, 0) is 36.1 Å². The van der Waals surface area contributed by atoms with Gasteiger partial charge in [-0.1, -0.05) is 6.92 Å². The summed E-state index contributed by atoms with van der Waals surface area (Å²) in [6.45, 7) is 4.40. The average Bonchev–Trinajstić information content (AvgIpc) is 2.35. The molecule has 0 unspecified atom stereocenters. The fourth-order valence-electron chi connectivity index (χ4n) is 2.41. The van der Waals surface area contributed by atoms with Crippen LogP contribution in [0.15, 0.2) is 18.2 Å². The lowest BCUT2D eigenvalue weighted by molar-refractivity contribution is -0.116. The third-order valence-electron chi connectivity index (χ3n) is 3.23. The van der Waals surface area contributed by atoms with Gasteiger partial charge in [0.25, 0.3) is 0 Å². The van der Waals surface area contributed by atoms with E-state index in [1.54, 1.807) is 17.9 Å². The Labute approximate surface area is 107 Å². The van der Waals surface area contributed by atoms with E-state index in [9.17, 15) is 9.59 Å². The number of ether oxygens (including phenoxy) is 1. The van der Waals surface area contributed by atoms with Crippen LogP contribution in [0.3, 0.4) is 0 Å². The van der Waals surface area contributed by atoms with E-state index in [-0.39, 0.29) is 11.9 Å². The van der Waals surface area contributed by atoms with Crippen molar-refractivity contribution in [2.75, 3.05) is 18.6 Å². The second kappa shape index (κ2) is 4.80. The Bertz CT molecular complexity index is 496. The molecule has 1 aromatic rings. The van der Waals surface area contributed by atoms with E-state index >= 15 is 0 Å². The first-order valence-electron chi connectivity index (χ1n) is 6.02. The predicted octanol–water partition coefficient (Wildman–Crippen LogP) is 2.02. The molecule has 0 saturated heterocycles. The fourth-order valence-corrected chi connectivity index (χ4v) is 2.41. The standard InChI is InChI=1S/C14H17NO3/c1-9-6-12-7-11(14(17)18-3)4-5-13(12)15(8-9)10(2)16/h4-5,7,9H,6,8H2,1-3H3/t9-/m1/s1. The number of anilines is 1. The van der Waals surface area contributed by atoms with Crippen molar-refractivity contribution in [1.29, 1.82) is 0 Å². The number of carbonyl (C=O) groups is 2. The predicted molar refractivity (Wildman–Crippen MR) is 68.7 cm³/mol. The Hall–Kier alpha value is -1.84. The topological polar surface area (TPSA) is 46.6 Å². The summed E-state index contributed by atoms with van der Waals surface area (Å²) < 4.78 is 4.71. The highest BCUT2D eigenvalue weighted by molar-refractivity contribution is 5.95. The van der Waals surface area contributed by atoms with Crippen LogP contribution in [0.5, 0.6) is 0 Å². The van der Waals surface area contributed by atoms with E-state index in [0.29, 0.717) is 11.5 Å². The van der Waals surface area contributed by atoms with E-state index in [1.807, 2.05) is 12.1 Å². The molecule has 0 saturated carbocycles. The Kier molecular flexibility index (Phi) is 3.36. The van der Waals surface area contributed by atoms with Crippen molar-refractivity contribution in [2.24, 2.45) is 5.92 Å². The zero-order valence-corrected chi connectivity index (χ0v) is 10.9. The summed E-state index contributed by atoms with van der Waals surface area (Å²) >= 11 is 0. The maximum absolute atomic E-state index is 11.6. The molecule has 1 aromatic carbocycles. The number of carbonyl (C=O) groups excluding carboxylic acids is 2. The molecule has 1 aliphatic heterocycles. The Morgan fingerprint density at radius 2 is 2.11 bits per heavy atom. The van der Waals surface area contributed by atoms with Crippen molar-refractivity contribution in [1.82, 2.24) is 0 Å². The number of amides is 1. The molecule has 0 spiro atoms. The van der Waals surface area contributed by atoms with Gasteiger partial charge in [0, 0.05) is 19.2 Å². The molecule has 1 amide bonds. The van der Waals surface area contributed by atoms with Crippen LogP contribution in [0.25, 0.3) is 0 Å².